The predicted molar refractivity (Wildman–Crippen MR) is 175 cm³/mol. The maximum Gasteiger partial charge on any atom is 0.319 e. The first-order valence-electron chi connectivity index (χ1n) is 16.1. The van der Waals surface area contributed by atoms with Gasteiger partial charge in [0.05, 0.1) is 23.8 Å². The molecule has 0 bridgehead atoms. The number of benzene rings is 2. The fourth-order valence-corrected chi connectivity index (χ4v) is 8.82. The highest BCUT2D eigenvalue weighted by Crippen LogP contribution is 2.51. The van der Waals surface area contributed by atoms with Crippen molar-refractivity contribution in [1.29, 1.82) is 0 Å². The average molecular weight is 687 g/mol. The molecule has 1 amide bonds. The number of halogens is 4. The summed E-state index contributed by atoms with van der Waals surface area (Å²) in [7, 11) is 0. The highest BCUT2D eigenvalue weighted by molar-refractivity contribution is 6.35. The number of piperazine rings is 1. The van der Waals surface area contributed by atoms with Crippen LogP contribution in [0.25, 0.3) is 22.0 Å². The van der Waals surface area contributed by atoms with E-state index in [0.29, 0.717) is 67.6 Å². The van der Waals surface area contributed by atoms with Gasteiger partial charge < -0.3 is 24.4 Å². The number of anilines is 1. The third-order valence-corrected chi connectivity index (χ3v) is 11.2. The monoisotopic (exact) mass is 685 g/mol. The van der Waals surface area contributed by atoms with Crippen LogP contribution in [0, 0.1) is 5.82 Å². The van der Waals surface area contributed by atoms with E-state index in [9.17, 15) is 14.3 Å². The van der Waals surface area contributed by atoms with Crippen LogP contribution in [-0.2, 0) is 9.53 Å². The van der Waals surface area contributed by atoms with E-state index in [2.05, 4.69) is 16.5 Å². The Labute approximate surface area is 281 Å². The Bertz CT molecular complexity index is 1800. The lowest BCUT2D eigenvalue weighted by Crippen LogP contribution is -2.72. The lowest BCUT2D eigenvalue weighted by Gasteiger charge is -2.55. The molecule has 2 atom stereocenters. The lowest BCUT2D eigenvalue weighted by molar-refractivity contribution is -0.164. The van der Waals surface area contributed by atoms with Crippen molar-refractivity contribution < 1.29 is 28.2 Å². The minimum absolute atomic E-state index is 0.00434. The fraction of sp³-hybridized carbons (Fsp3) is 0.500. The highest BCUT2D eigenvalue weighted by atomic mass is 35.5. The number of amides is 1. The van der Waals surface area contributed by atoms with Gasteiger partial charge in [-0.25, -0.2) is 8.78 Å². The molecular formula is C34H35Cl2F2N5O4. The first-order chi connectivity index (χ1) is 22.6. The van der Waals surface area contributed by atoms with Crippen LogP contribution in [0.1, 0.15) is 43.6 Å². The summed E-state index contributed by atoms with van der Waals surface area (Å²) in [6.45, 7) is 6.88. The van der Waals surface area contributed by atoms with Crippen molar-refractivity contribution in [2.45, 2.75) is 55.3 Å². The van der Waals surface area contributed by atoms with Gasteiger partial charge in [0.15, 0.2) is 5.82 Å². The second-order valence-electron chi connectivity index (χ2n) is 13.6. The summed E-state index contributed by atoms with van der Waals surface area (Å²) in [6, 6.07) is 4.58. The van der Waals surface area contributed by atoms with Crippen molar-refractivity contribution in [3.63, 3.8) is 0 Å². The Morgan fingerprint density at radius 3 is 2.70 bits per heavy atom. The van der Waals surface area contributed by atoms with Crippen LogP contribution in [0.15, 0.2) is 30.9 Å². The smallest absolute Gasteiger partial charge is 0.319 e. The van der Waals surface area contributed by atoms with Gasteiger partial charge in [0.2, 0.25) is 5.91 Å². The van der Waals surface area contributed by atoms with E-state index in [4.69, 9.17) is 37.7 Å². The Balaban J connectivity index is 1.25. The topological polar surface area (TPSA) is 91.3 Å². The minimum Gasteiger partial charge on any atom is -0.508 e. The minimum atomic E-state index is -0.931. The molecule has 9 nitrogen and oxygen atoms in total. The number of hydrogen-bond acceptors (Lipinski definition) is 8. The van der Waals surface area contributed by atoms with Gasteiger partial charge >= 0.3 is 6.01 Å². The van der Waals surface area contributed by atoms with Crippen LogP contribution in [0.4, 0.5) is 14.6 Å². The molecule has 47 heavy (non-hydrogen) atoms. The molecule has 1 aromatic heterocycles. The fourth-order valence-electron chi connectivity index (χ4n) is 8.15. The number of hydrogen-bond donors (Lipinski definition) is 1. The number of phenols is 1. The average Bonchev–Trinajstić information content (AvgIpc) is 3.71. The zero-order valence-electron chi connectivity index (χ0n) is 25.8. The summed E-state index contributed by atoms with van der Waals surface area (Å²) in [6.07, 6.45) is 4.29. The lowest BCUT2D eigenvalue weighted by atomic mass is 9.91. The molecule has 1 aliphatic carbocycles. The number of alkyl halides is 1. The van der Waals surface area contributed by atoms with Crippen LogP contribution in [0.5, 0.6) is 11.8 Å². The molecule has 8 rings (SSSR count). The van der Waals surface area contributed by atoms with Crippen LogP contribution in [0.3, 0.4) is 0 Å². The molecule has 248 valence electrons. The maximum atomic E-state index is 17.0. The molecule has 1 N–H and O–H groups in total. The van der Waals surface area contributed by atoms with E-state index in [1.165, 1.54) is 18.2 Å². The normalized spacial score (nSPS) is 25.3. The Kier molecular flexibility index (Phi) is 7.55. The van der Waals surface area contributed by atoms with Crippen molar-refractivity contribution in [2.75, 3.05) is 57.4 Å². The maximum absolute atomic E-state index is 17.0. The van der Waals surface area contributed by atoms with Crippen molar-refractivity contribution in [3.05, 3.63) is 52.3 Å². The third kappa shape index (κ3) is 5.12. The van der Waals surface area contributed by atoms with Gasteiger partial charge in [0.25, 0.3) is 0 Å². The van der Waals surface area contributed by atoms with Gasteiger partial charge in [-0.3, -0.25) is 9.69 Å². The molecular weight excluding hydrogens is 651 g/mol. The summed E-state index contributed by atoms with van der Waals surface area (Å²) in [4.78, 5) is 28.1. The molecule has 4 saturated heterocycles. The number of nitrogens with zero attached hydrogens (tertiary/aromatic N) is 5. The van der Waals surface area contributed by atoms with Gasteiger partial charge in [0.1, 0.15) is 35.4 Å². The molecule has 5 heterocycles. The van der Waals surface area contributed by atoms with Crippen molar-refractivity contribution in [1.82, 2.24) is 19.8 Å². The van der Waals surface area contributed by atoms with Crippen LogP contribution in [0.2, 0.25) is 10.0 Å². The van der Waals surface area contributed by atoms with Gasteiger partial charge in [-0.1, -0.05) is 29.8 Å². The predicted octanol–water partition coefficient (Wildman–Crippen LogP) is 5.88. The molecule has 0 radical (unpaired) electrons. The molecule has 2 aromatic carbocycles. The quantitative estimate of drug-likeness (QED) is 0.308. The summed E-state index contributed by atoms with van der Waals surface area (Å²) >= 11 is 13.5. The number of carbonyl (C=O) groups is 1. The summed E-state index contributed by atoms with van der Waals surface area (Å²) in [5.74, 6) is -0.403. The van der Waals surface area contributed by atoms with Crippen molar-refractivity contribution in [3.8, 4) is 22.9 Å². The van der Waals surface area contributed by atoms with Crippen LogP contribution >= 0.6 is 23.2 Å². The summed E-state index contributed by atoms with van der Waals surface area (Å²) in [5.41, 5.74) is 0.217. The largest absolute Gasteiger partial charge is 0.508 e. The SMILES string of the molecule is C=CC(=O)N1CCN(c2nc(OC[C@@]34CCCN3C[C@H](F)C4)nc3c(F)c(-c4cc(O)cc(Cl)c4C4CC4)c(Cl)cc23)CC12COC2. The van der Waals surface area contributed by atoms with E-state index in [1.807, 2.05) is 4.90 Å². The van der Waals surface area contributed by atoms with Crippen LogP contribution < -0.4 is 9.64 Å². The first kappa shape index (κ1) is 31.0. The molecule has 1 saturated carbocycles. The third-order valence-electron chi connectivity index (χ3n) is 10.6. The van der Waals surface area contributed by atoms with E-state index in [1.54, 1.807) is 11.0 Å². The second kappa shape index (κ2) is 11.4. The standard InChI is InChI=1S/C34H35Cl2F2N5O4/c1-2-26(45)43-9-8-41(15-34(43)16-46-17-34)31-23-12-25(36)28(22-10-21(44)11-24(35)27(22)19-4-5-19)29(38)30(23)39-32(40-31)47-18-33-6-3-7-42(33)14-20(37)13-33/h2,10-12,19-20,44H,1,3-9,13-18H2/t20-,33+/m1/s1. The summed E-state index contributed by atoms with van der Waals surface area (Å²) in [5, 5.41) is 11.3. The van der Waals surface area contributed by atoms with Gasteiger partial charge in [-0.05, 0) is 73.5 Å². The Hall–Kier alpha value is -3.25. The zero-order chi connectivity index (χ0) is 32.7. The van der Waals surface area contributed by atoms with Gasteiger partial charge in [0, 0.05) is 48.6 Å². The van der Waals surface area contributed by atoms with Crippen LogP contribution in [-0.4, -0.2) is 101 Å². The number of phenolic OH excluding ortho intramolecular Hbond substituents is 1. The number of fused-ring (bicyclic) bond motifs is 2. The highest BCUT2D eigenvalue weighted by Gasteiger charge is 2.51. The molecule has 5 fully saturated rings. The number of carbonyl (C=O) groups excluding carboxylic acids is 1. The second-order valence-corrected chi connectivity index (χ2v) is 14.4. The van der Waals surface area contributed by atoms with Gasteiger partial charge in [-0.15, -0.1) is 0 Å². The molecule has 5 aliphatic rings. The summed E-state index contributed by atoms with van der Waals surface area (Å²) < 4.78 is 43.4. The molecule has 13 heteroatoms. The number of aromatic nitrogens is 2. The van der Waals surface area contributed by atoms with E-state index in [0.717, 1.165) is 37.8 Å². The number of rotatable bonds is 7. The zero-order valence-corrected chi connectivity index (χ0v) is 27.3. The number of ether oxygens (including phenoxy) is 2. The van der Waals surface area contributed by atoms with Crippen molar-refractivity contribution in [2.24, 2.45) is 0 Å². The van der Waals surface area contributed by atoms with E-state index >= 15 is 4.39 Å². The Morgan fingerprint density at radius 2 is 1.98 bits per heavy atom. The molecule has 3 aromatic rings. The van der Waals surface area contributed by atoms with E-state index in [-0.39, 0.29) is 46.3 Å². The Morgan fingerprint density at radius 1 is 1.17 bits per heavy atom. The van der Waals surface area contributed by atoms with Gasteiger partial charge in [-0.2, -0.15) is 9.97 Å². The number of aromatic hydroxyl groups is 1. The molecule has 4 aliphatic heterocycles. The van der Waals surface area contributed by atoms with Crippen molar-refractivity contribution >= 4 is 45.8 Å². The first-order valence-corrected chi connectivity index (χ1v) is 16.9. The molecule has 0 unspecified atom stereocenters. The molecule has 1 spiro atoms. The van der Waals surface area contributed by atoms with E-state index < -0.39 is 23.1 Å².